The number of hydrogen-bond donors (Lipinski definition) is 1. The van der Waals surface area contributed by atoms with Gasteiger partial charge < -0.3 is 15.0 Å². The third-order valence-corrected chi connectivity index (χ3v) is 4.17. The molecule has 0 unspecified atom stereocenters. The summed E-state index contributed by atoms with van der Waals surface area (Å²) in [6.07, 6.45) is 1.30. The Morgan fingerprint density at radius 2 is 2.12 bits per heavy atom. The number of carbonyl (C=O) groups is 2. The molecule has 2 aromatic rings. The zero-order valence-electron chi connectivity index (χ0n) is 13.9. The first kappa shape index (κ1) is 17.3. The Hall–Kier alpha value is -2.53. The summed E-state index contributed by atoms with van der Waals surface area (Å²) in [5.41, 5.74) is 1.55. The number of hydrogen-bond acceptors (Lipinski definition) is 3. The highest BCUT2D eigenvalue weighted by atomic mass is 35.5. The van der Waals surface area contributed by atoms with Gasteiger partial charge in [-0.25, -0.2) is 0 Å². The summed E-state index contributed by atoms with van der Waals surface area (Å²) in [5, 5.41) is 3.28. The van der Waals surface area contributed by atoms with E-state index in [0.29, 0.717) is 35.2 Å². The quantitative estimate of drug-likeness (QED) is 0.878. The van der Waals surface area contributed by atoms with E-state index >= 15 is 0 Å². The predicted molar refractivity (Wildman–Crippen MR) is 97.1 cm³/mol. The number of benzene rings is 2. The minimum atomic E-state index is -0.272. The molecule has 1 aliphatic heterocycles. The van der Waals surface area contributed by atoms with Crippen LogP contribution in [0.1, 0.15) is 18.4 Å². The van der Waals surface area contributed by atoms with Crippen LogP contribution in [-0.4, -0.2) is 29.8 Å². The van der Waals surface area contributed by atoms with Crippen LogP contribution in [0.2, 0.25) is 5.02 Å². The maximum Gasteiger partial charge on any atom is 0.244 e. The van der Waals surface area contributed by atoms with E-state index in [1.807, 2.05) is 31.2 Å². The van der Waals surface area contributed by atoms with E-state index in [1.54, 1.807) is 23.1 Å². The standard InChI is InChI=1S/C19H19ClN2O3/c1-13-4-2-5-15(10-13)25-17-8-7-14(20)11-16(17)21-18(23)12-22-9-3-6-19(22)24/h2,4-5,7-8,10-11H,3,6,9,12H2,1H3,(H,21,23). The van der Waals surface area contributed by atoms with Crippen molar-refractivity contribution in [3.8, 4) is 11.5 Å². The Morgan fingerprint density at radius 3 is 2.84 bits per heavy atom. The summed E-state index contributed by atoms with van der Waals surface area (Å²) in [6, 6.07) is 12.7. The predicted octanol–water partition coefficient (Wildman–Crippen LogP) is 4.00. The number of aryl methyl sites for hydroxylation is 1. The van der Waals surface area contributed by atoms with Crippen molar-refractivity contribution in [3.05, 3.63) is 53.1 Å². The van der Waals surface area contributed by atoms with Crippen LogP contribution >= 0.6 is 11.6 Å². The number of ether oxygens (including phenoxy) is 1. The molecule has 0 aliphatic carbocycles. The molecule has 25 heavy (non-hydrogen) atoms. The first-order valence-corrected chi connectivity index (χ1v) is 8.51. The van der Waals surface area contributed by atoms with Crippen LogP contribution in [0, 0.1) is 6.92 Å². The van der Waals surface area contributed by atoms with Crippen LogP contribution in [0.3, 0.4) is 0 Å². The van der Waals surface area contributed by atoms with Gasteiger partial charge in [-0.2, -0.15) is 0 Å². The lowest BCUT2D eigenvalue weighted by molar-refractivity contribution is -0.131. The summed E-state index contributed by atoms with van der Waals surface area (Å²) < 4.78 is 5.88. The molecule has 0 bridgehead atoms. The number of carbonyl (C=O) groups excluding carboxylic acids is 2. The van der Waals surface area contributed by atoms with Gasteiger partial charge >= 0.3 is 0 Å². The fourth-order valence-electron chi connectivity index (χ4n) is 2.73. The summed E-state index contributed by atoms with van der Waals surface area (Å²) in [4.78, 5) is 25.5. The SMILES string of the molecule is Cc1cccc(Oc2ccc(Cl)cc2NC(=O)CN2CCCC2=O)c1. The molecule has 2 aromatic carbocycles. The number of nitrogens with zero attached hydrogens (tertiary/aromatic N) is 1. The molecular weight excluding hydrogens is 340 g/mol. The van der Waals surface area contributed by atoms with Gasteiger partial charge in [-0.1, -0.05) is 23.7 Å². The molecule has 0 atom stereocenters. The lowest BCUT2D eigenvalue weighted by Gasteiger charge is -2.17. The van der Waals surface area contributed by atoms with Gasteiger partial charge in [0.15, 0.2) is 5.75 Å². The first-order chi connectivity index (χ1) is 12.0. The number of rotatable bonds is 5. The molecule has 1 N–H and O–H groups in total. The third-order valence-electron chi connectivity index (χ3n) is 3.94. The van der Waals surface area contributed by atoms with Crippen LogP contribution in [0.25, 0.3) is 0 Å². The van der Waals surface area contributed by atoms with Crippen molar-refractivity contribution in [3.63, 3.8) is 0 Å². The lowest BCUT2D eigenvalue weighted by Crippen LogP contribution is -2.34. The number of anilines is 1. The summed E-state index contributed by atoms with van der Waals surface area (Å²) >= 11 is 6.05. The molecule has 1 saturated heterocycles. The fraction of sp³-hybridized carbons (Fsp3) is 0.263. The highest BCUT2D eigenvalue weighted by Crippen LogP contribution is 2.32. The second-order valence-electron chi connectivity index (χ2n) is 6.03. The van der Waals surface area contributed by atoms with Crippen molar-refractivity contribution >= 4 is 29.1 Å². The van der Waals surface area contributed by atoms with Gasteiger partial charge in [0, 0.05) is 18.0 Å². The fourth-order valence-corrected chi connectivity index (χ4v) is 2.90. The van der Waals surface area contributed by atoms with Crippen molar-refractivity contribution in [2.45, 2.75) is 19.8 Å². The Bertz CT molecular complexity index is 807. The zero-order valence-corrected chi connectivity index (χ0v) is 14.7. The second kappa shape index (κ2) is 7.57. The third kappa shape index (κ3) is 4.51. The highest BCUT2D eigenvalue weighted by Gasteiger charge is 2.22. The smallest absolute Gasteiger partial charge is 0.244 e. The van der Waals surface area contributed by atoms with Crippen LogP contribution in [0.5, 0.6) is 11.5 Å². The van der Waals surface area contributed by atoms with Gasteiger partial charge in [0.05, 0.1) is 12.2 Å². The lowest BCUT2D eigenvalue weighted by atomic mass is 10.2. The second-order valence-corrected chi connectivity index (χ2v) is 6.46. The van der Waals surface area contributed by atoms with E-state index in [0.717, 1.165) is 12.0 Å². The molecule has 1 heterocycles. The molecule has 0 radical (unpaired) electrons. The van der Waals surface area contributed by atoms with E-state index in [9.17, 15) is 9.59 Å². The van der Waals surface area contributed by atoms with Crippen molar-refractivity contribution in [2.75, 3.05) is 18.4 Å². The van der Waals surface area contributed by atoms with E-state index in [2.05, 4.69) is 5.32 Å². The maximum atomic E-state index is 12.3. The van der Waals surface area contributed by atoms with Crippen LogP contribution in [0.15, 0.2) is 42.5 Å². The van der Waals surface area contributed by atoms with Crippen LogP contribution < -0.4 is 10.1 Å². The minimum absolute atomic E-state index is 0.0116. The molecule has 3 rings (SSSR count). The van der Waals surface area contributed by atoms with E-state index < -0.39 is 0 Å². The van der Waals surface area contributed by atoms with Gasteiger partial charge in [0.1, 0.15) is 5.75 Å². The molecule has 0 aromatic heterocycles. The molecule has 6 heteroatoms. The Balaban J connectivity index is 1.74. The molecule has 2 amide bonds. The van der Waals surface area contributed by atoms with Gasteiger partial charge in [0.2, 0.25) is 11.8 Å². The average Bonchev–Trinajstić information content (AvgIpc) is 2.95. The molecule has 0 saturated carbocycles. The zero-order chi connectivity index (χ0) is 17.8. The van der Waals surface area contributed by atoms with Gasteiger partial charge in [0.25, 0.3) is 0 Å². The maximum absolute atomic E-state index is 12.3. The number of likely N-dealkylation sites (tertiary alicyclic amines) is 1. The Kier molecular flexibility index (Phi) is 5.24. The molecule has 0 spiro atoms. The monoisotopic (exact) mass is 358 g/mol. The molecule has 5 nitrogen and oxygen atoms in total. The van der Waals surface area contributed by atoms with Crippen molar-refractivity contribution < 1.29 is 14.3 Å². The molecular formula is C19H19ClN2O3. The summed E-state index contributed by atoms with van der Waals surface area (Å²) in [7, 11) is 0. The van der Waals surface area contributed by atoms with Gasteiger partial charge in [-0.05, 0) is 49.2 Å². The summed E-state index contributed by atoms with van der Waals surface area (Å²) in [6.45, 7) is 2.63. The summed E-state index contributed by atoms with van der Waals surface area (Å²) in [5.74, 6) is 0.910. The van der Waals surface area contributed by atoms with Crippen molar-refractivity contribution in [1.29, 1.82) is 0 Å². The normalized spacial score (nSPS) is 13.8. The van der Waals surface area contributed by atoms with Crippen molar-refractivity contribution in [2.24, 2.45) is 0 Å². The van der Waals surface area contributed by atoms with E-state index in [-0.39, 0.29) is 18.4 Å². The Labute approximate surface area is 151 Å². The van der Waals surface area contributed by atoms with Crippen LogP contribution in [0.4, 0.5) is 5.69 Å². The minimum Gasteiger partial charge on any atom is -0.455 e. The number of halogens is 1. The van der Waals surface area contributed by atoms with Crippen molar-refractivity contribution in [1.82, 2.24) is 4.90 Å². The van der Waals surface area contributed by atoms with Crippen LogP contribution in [-0.2, 0) is 9.59 Å². The van der Waals surface area contributed by atoms with E-state index in [4.69, 9.17) is 16.3 Å². The van der Waals surface area contributed by atoms with E-state index in [1.165, 1.54) is 0 Å². The largest absolute Gasteiger partial charge is 0.455 e. The number of nitrogens with one attached hydrogen (secondary N) is 1. The molecule has 130 valence electrons. The molecule has 1 aliphatic rings. The van der Waals surface area contributed by atoms with Gasteiger partial charge in [-0.15, -0.1) is 0 Å². The highest BCUT2D eigenvalue weighted by molar-refractivity contribution is 6.31. The number of amides is 2. The van der Waals surface area contributed by atoms with Gasteiger partial charge in [-0.3, -0.25) is 9.59 Å². The first-order valence-electron chi connectivity index (χ1n) is 8.13. The Morgan fingerprint density at radius 1 is 1.28 bits per heavy atom. The topological polar surface area (TPSA) is 58.6 Å². The molecule has 1 fully saturated rings. The average molecular weight is 359 g/mol.